The van der Waals surface area contributed by atoms with Gasteiger partial charge in [-0.2, -0.15) is 5.10 Å². The summed E-state index contributed by atoms with van der Waals surface area (Å²) in [4.78, 5) is 11.8. The van der Waals surface area contributed by atoms with E-state index in [-0.39, 0.29) is 22.7 Å². The maximum Gasteiger partial charge on any atom is 0.498 e. The molecule has 1 aromatic heterocycles. The third-order valence-electron chi connectivity index (χ3n) is 5.22. The zero-order chi connectivity index (χ0) is 16.9. The van der Waals surface area contributed by atoms with Crippen LogP contribution in [0.3, 0.4) is 0 Å². The largest absolute Gasteiger partial charge is 0.498 e. The fraction of sp³-hybridized carbons (Fsp3) is 0.750. The number of hydrogen-bond donors (Lipinski definition) is 0. The van der Waals surface area contributed by atoms with Crippen molar-refractivity contribution in [1.29, 1.82) is 0 Å². The van der Waals surface area contributed by atoms with Crippen LogP contribution in [0.5, 0.6) is 0 Å². The molecule has 1 aromatic rings. The zero-order valence-electron chi connectivity index (χ0n) is 14.6. The van der Waals surface area contributed by atoms with Crippen LogP contribution in [0.2, 0.25) is 0 Å². The van der Waals surface area contributed by atoms with Gasteiger partial charge in [-0.05, 0) is 47.5 Å². The summed E-state index contributed by atoms with van der Waals surface area (Å²) in [5.74, 6) is -0.169. The van der Waals surface area contributed by atoms with Gasteiger partial charge in [0.25, 0.3) is 0 Å². The van der Waals surface area contributed by atoms with Crippen LogP contribution in [-0.2, 0) is 24.4 Å². The summed E-state index contributed by atoms with van der Waals surface area (Å²) in [6.45, 7) is 10.3. The molecule has 0 unspecified atom stereocenters. The molecule has 23 heavy (non-hydrogen) atoms. The van der Waals surface area contributed by atoms with Crippen molar-refractivity contribution in [1.82, 2.24) is 9.78 Å². The molecule has 0 N–H and O–H groups in total. The number of carbonyl (C=O) groups excluding carboxylic acids is 1. The van der Waals surface area contributed by atoms with Crippen LogP contribution in [0.15, 0.2) is 12.4 Å². The number of hydrogen-bond acceptors (Lipinski definition) is 5. The minimum atomic E-state index is -0.424. The van der Waals surface area contributed by atoms with Gasteiger partial charge in [0.2, 0.25) is 0 Å². The van der Waals surface area contributed by atoms with E-state index < -0.39 is 7.12 Å². The summed E-state index contributed by atoms with van der Waals surface area (Å²) < 4.78 is 19.0. The lowest BCUT2D eigenvalue weighted by atomic mass is 9.82. The minimum Gasteiger partial charge on any atom is -0.466 e. The quantitative estimate of drug-likeness (QED) is 0.609. The van der Waals surface area contributed by atoms with Crippen molar-refractivity contribution in [3.8, 4) is 0 Å². The molecule has 2 heterocycles. The standard InChI is InChI=1S/C16H25BN2O4/c1-6-21-13(20)9-16(7-8-16)19-11-12(10-18-19)17-22-14(2,3)15(4,5)23-17/h10-11H,6-9H2,1-5H3. The van der Waals surface area contributed by atoms with Crippen molar-refractivity contribution in [2.45, 2.75) is 70.6 Å². The van der Waals surface area contributed by atoms with Crippen LogP contribution in [0.1, 0.15) is 53.9 Å². The zero-order valence-corrected chi connectivity index (χ0v) is 14.6. The molecule has 0 amide bonds. The Labute approximate surface area is 137 Å². The molecule has 7 heteroatoms. The van der Waals surface area contributed by atoms with E-state index in [2.05, 4.69) is 5.10 Å². The van der Waals surface area contributed by atoms with Crippen molar-refractivity contribution in [2.75, 3.05) is 6.61 Å². The lowest BCUT2D eigenvalue weighted by Gasteiger charge is -2.32. The summed E-state index contributed by atoms with van der Waals surface area (Å²) in [5, 5.41) is 4.45. The Kier molecular flexibility index (Phi) is 3.84. The van der Waals surface area contributed by atoms with Crippen LogP contribution >= 0.6 is 0 Å². The van der Waals surface area contributed by atoms with Crippen LogP contribution in [-0.4, -0.2) is 40.7 Å². The Morgan fingerprint density at radius 2 is 1.91 bits per heavy atom. The van der Waals surface area contributed by atoms with Gasteiger partial charge in [-0.15, -0.1) is 0 Å². The number of carbonyl (C=O) groups is 1. The second kappa shape index (κ2) is 5.35. The Balaban J connectivity index is 1.73. The van der Waals surface area contributed by atoms with Crippen LogP contribution in [0, 0.1) is 0 Å². The Bertz CT molecular complexity index is 591. The maximum absolute atomic E-state index is 11.8. The molecule has 0 bridgehead atoms. The lowest BCUT2D eigenvalue weighted by molar-refractivity contribution is -0.144. The molecule has 6 nitrogen and oxygen atoms in total. The summed E-state index contributed by atoms with van der Waals surface area (Å²) in [6, 6.07) is 0. The second-order valence-electron chi connectivity index (χ2n) is 7.51. The molecule has 2 aliphatic rings. The molecular formula is C16H25BN2O4. The Morgan fingerprint density at radius 1 is 1.30 bits per heavy atom. The van der Waals surface area contributed by atoms with Crippen molar-refractivity contribution < 1.29 is 18.8 Å². The SMILES string of the molecule is CCOC(=O)CC1(n2cc(B3OC(C)(C)C(C)(C)O3)cn2)CC1. The van der Waals surface area contributed by atoms with Gasteiger partial charge >= 0.3 is 13.1 Å². The molecule has 0 atom stereocenters. The van der Waals surface area contributed by atoms with Crippen LogP contribution in [0.25, 0.3) is 0 Å². The van der Waals surface area contributed by atoms with Crippen molar-refractivity contribution in [3.05, 3.63) is 12.4 Å². The fourth-order valence-corrected chi connectivity index (χ4v) is 2.81. The van der Waals surface area contributed by atoms with E-state index in [9.17, 15) is 4.79 Å². The van der Waals surface area contributed by atoms with Gasteiger partial charge in [-0.1, -0.05) is 0 Å². The summed E-state index contributed by atoms with van der Waals surface area (Å²) in [7, 11) is -0.424. The van der Waals surface area contributed by atoms with E-state index in [0.717, 1.165) is 18.3 Å². The minimum absolute atomic E-state index is 0.169. The van der Waals surface area contributed by atoms with Crippen LogP contribution < -0.4 is 5.46 Å². The Hall–Kier alpha value is -1.34. The van der Waals surface area contributed by atoms with E-state index in [1.165, 1.54) is 0 Å². The molecule has 1 aliphatic carbocycles. The normalized spacial score (nSPS) is 23.8. The van der Waals surface area contributed by atoms with Crippen molar-refractivity contribution in [3.63, 3.8) is 0 Å². The monoisotopic (exact) mass is 320 g/mol. The third-order valence-corrected chi connectivity index (χ3v) is 5.22. The van der Waals surface area contributed by atoms with Gasteiger partial charge in [-0.25, -0.2) is 0 Å². The molecule has 0 spiro atoms. The molecular weight excluding hydrogens is 295 g/mol. The number of rotatable bonds is 5. The first kappa shape index (κ1) is 16.5. The van der Waals surface area contributed by atoms with E-state index in [0.29, 0.717) is 13.0 Å². The van der Waals surface area contributed by atoms with E-state index in [1.54, 1.807) is 6.20 Å². The van der Waals surface area contributed by atoms with E-state index >= 15 is 0 Å². The molecule has 3 rings (SSSR count). The summed E-state index contributed by atoms with van der Waals surface area (Å²) in [5.41, 5.74) is -0.0864. The van der Waals surface area contributed by atoms with Crippen molar-refractivity contribution in [2.24, 2.45) is 0 Å². The van der Waals surface area contributed by atoms with Gasteiger partial charge in [0.15, 0.2) is 0 Å². The average molecular weight is 320 g/mol. The topological polar surface area (TPSA) is 62.6 Å². The van der Waals surface area contributed by atoms with Gasteiger partial charge < -0.3 is 14.0 Å². The van der Waals surface area contributed by atoms with Gasteiger partial charge in [0.05, 0.1) is 29.8 Å². The Morgan fingerprint density at radius 3 is 2.43 bits per heavy atom. The maximum atomic E-state index is 11.8. The highest BCUT2D eigenvalue weighted by Gasteiger charge is 2.53. The lowest BCUT2D eigenvalue weighted by Crippen LogP contribution is -2.41. The summed E-state index contributed by atoms with van der Waals surface area (Å²) in [6.07, 6.45) is 5.96. The highest BCUT2D eigenvalue weighted by atomic mass is 16.7. The van der Waals surface area contributed by atoms with Gasteiger partial charge in [0.1, 0.15) is 0 Å². The molecule has 1 saturated carbocycles. The first-order valence-electron chi connectivity index (χ1n) is 8.25. The molecule has 1 aliphatic heterocycles. The predicted octanol–water partition coefficient (Wildman–Crippen LogP) is 1.62. The van der Waals surface area contributed by atoms with Crippen molar-refractivity contribution >= 4 is 18.6 Å². The van der Waals surface area contributed by atoms with Gasteiger partial charge in [0, 0.05) is 17.9 Å². The molecule has 126 valence electrons. The summed E-state index contributed by atoms with van der Waals surface area (Å²) >= 11 is 0. The smallest absolute Gasteiger partial charge is 0.466 e. The van der Waals surface area contributed by atoms with E-state index in [4.69, 9.17) is 14.0 Å². The fourth-order valence-electron chi connectivity index (χ4n) is 2.81. The second-order valence-corrected chi connectivity index (χ2v) is 7.51. The number of esters is 1. The average Bonchev–Trinajstić information content (AvgIpc) is 2.95. The number of nitrogens with zero attached hydrogens (tertiary/aromatic N) is 2. The molecule has 0 aromatic carbocycles. The highest BCUT2D eigenvalue weighted by Crippen LogP contribution is 2.46. The van der Waals surface area contributed by atoms with Crippen LogP contribution in [0.4, 0.5) is 0 Å². The third kappa shape index (κ3) is 2.92. The highest BCUT2D eigenvalue weighted by molar-refractivity contribution is 6.62. The predicted molar refractivity (Wildman–Crippen MR) is 86.4 cm³/mol. The number of ether oxygens (including phenoxy) is 1. The van der Waals surface area contributed by atoms with E-state index in [1.807, 2.05) is 45.5 Å². The van der Waals surface area contributed by atoms with Gasteiger partial charge in [-0.3, -0.25) is 9.48 Å². The molecule has 1 saturated heterocycles. The first-order valence-corrected chi connectivity index (χ1v) is 8.25. The first-order chi connectivity index (χ1) is 10.7. The number of aromatic nitrogens is 2. The molecule has 0 radical (unpaired) electrons. The molecule has 2 fully saturated rings.